The Balaban J connectivity index is 2.54. The van der Waals surface area contributed by atoms with Crippen molar-refractivity contribution in [3.63, 3.8) is 0 Å². The maximum atomic E-state index is 11.1. The van der Waals surface area contributed by atoms with E-state index < -0.39 is 5.97 Å². The average molecular weight is 270 g/mol. The lowest BCUT2D eigenvalue weighted by Crippen LogP contribution is -2.16. The van der Waals surface area contributed by atoms with Crippen LogP contribution in [0.5, 0.6) is 0 Å². The zero-order valence-electron chi connectivity index (χ0n) is 11.5. The van der Waals surface area contributed by atoms with Gasteiger partial charge in [-0.05, 0) is 37.7 Å². The number of hydrogen-bond acceptors (Lipinski definition) is 4. The van der Waals surface area contributed by atoms with Crippen LogP contribution < -0.4 is 5.32 Å². The van der Waals surface area contributed by atoms with E-state index in [0.717, 1.165) is 18.8 Å². The Morgan fingerprint density at radius 3 is 2.61 bits per heavy atom. The first-order valence-electron chi connectivity index (χ1n) is 6.38. The van der Waals surface area contributed by atoms with Crippen molar-refractivity contribution < 1.29 is 9.90 Å². The minimum atomic E-state index is -0.905. The Bertz CT molecular complexity index is 402. The van der Waals surface area contributed by atoms with Crippen LogP contribution in [0.2, 0.25) is 0 Å². The summed E-state index contributed by atoms with van der Waals surface area (Å²) in [4.78, 5) is 11.1. The van der Waals surface area contributed by atoms with E-state index in [0.29, 0.717) is 16.3 Å². The predicted octanol–water partition coefficient (Wildman–Crippen LogP) is 3.78. The first-order chi connectivity index (χ1) is 8.41. The summed E-state index contributed by atoms with van der Waals surface area (Å²) in [6.07, 6.45) is 3.42. The molecule has 0 aliphatic carbocycles. The second-order valence-electron chi connectivity index (χ2n) is 5.15. The van der Waals surface area contributed by atoms with Gasteiger partial charge in [0.15, 0.2) is 0 Å². The van der Waals surface area contributed by atoms with Gasteiger partial charge in [0.1, 0.15) is 10.6 Å². The number of nitrogens with zero attached hydrogens (tertiary/aromatic N) is 1. The number of nitrogens with one attached hydrogen (secondary N) is 1. The van der Waals surface area contributed by atoms with Crippen molar-refractivity contribution in [2.45, 2.75) is 53.0 Å². The predicted molar refractivity (Wildman–Crippen MR) is 75.6 cm³/mol. The number of hydrogen-bond donors (Lipinski definition) is 2. The van der Waals surface area contributed by atoms with Crippen LogP contribution in [0.15, 0.2) is 0 Å². The van der Waals surface area contributed by atoms with Gasteiger partial charge < -0.3 is 10.4 Å². The second-order valence-corrected chi connectivity index (χ2v) is 5.92. The van der Waals surface area contributed by atoms with Crippen LogP contribution in [0.4, 0.5) is 5.00 Å². The lowest BCUT2D eigenvalue weighted by molar-refractivity contribution is 0.0697. The molecule has 0 radical (unpaired) electrons. The van der Waals surface area contributed by atoms with Gasteiger partial charge in [0.05, 0.1) is 5.69 Å². The van der Waals surface area contributed by atoms with Gasteiger partial charge in [-0.15, -0.1) is 0 Å². The number of rotatable bonds is 7. The Morgan fingerprint density at radius 1 is 1.39 bits per heavy atom. The van der Waals surface area contributed by atoms with Crippen LogP contribution in [-0.2, 0) is 0 Å². The van der Waals surface area contributed by atoms with Gasteiger partial charge in [-0.1, -0.05) is 26.7 Å². The molecule has 0 aliphatic heterocycles. The molecule has 5 heteroatoms. The van der Waals surface area contributed by atoms with Crippen molar-refractivity contribution in [2.24, 2.45) is 5.92 Å². The number of aromatic carboxylic acids is 1. The van der Waals surface area contributed by atoms with Gasteiger partial charge in [0.2, 0.25) is 0 Å². The minimum Gasteiger partial charge on any atom is -0.478 e. The molecule has 0 amide bonds. The smallest absolute Gasteiger partial charge is 0.340 e. The van der Waals surface area contributed by atoms with Crippen molar-refractivity contribution in [2.75, 3.05) is 5.32 Å². The molecular weight excluding hydrogens is 248 g/mol. The van der Waals surface area contributed by atoms with E-state index in [2.05, 4.69) is 30.5 Å². The van der Waals surface area contributed by atoms with Crippen molar-refractivity contribution >= 4 is 22.5 Å². The fraction of sp³-hybridized carbons (Fsp3) is 0.692. The molecule has 0 aromatic carbocycles. The quantitative estimate of drug-likeness (QED) is 0.791. The summed E-state index contributed by atoms with van der Waals surface area (Å²) < 4.78 is 4.10. The van der Waals surface area contributed by atoms with Gasteiger partial charge in [-0.2, -0.15) is 4.37 Å². The second kappa shape index (κ2) is 6.73. The van der Waals surface area contributed by atoms with E-state index in [9.17, 15) is 4.79 Å². The van der Waals surface area contributed by atoms with Crippen LogP contribution in [0, 0.1) is 12.8 Å². The summed E-state index contributed by atoms with van der Waals surface area (Å²) >= 11 is 1.23. The highest BCUT2D eigenvalue weighted by Gasteiger charge is 2.18. The van der Waals surface area contributed by atoms with Gasteiger partial charge >= 0.3 is 5.97 Å². The molecule has 0 fully saturated rings. The third-order valence-electron chi connectivity index (χ3n) is 2.87. The molecule has 1 unspecified atom stereocenters. The molecule has 1 atom stereocenters. The number of carboxylic acid groups (broad SMARTS) is 1. The zero-order valence-corrected chi connectivity index (χ0v) is 12.3. The lowest BCUT2D eigenvalue weighted by Gasteiger charge is -2.14. The third-order valence-corrected chi connectivity index (χ3v) is 3.74. The largest absolute Gasteiger partial charge is 0.478 e. The SMILES string of the molecule is Cc1nsc(NC(C)CCCC(C)C)c1C(=O)O. The Morgan fingerprint density at radius 2 is 2.06 bits per heavy atom. The number of anilines is 1. The Kier molecular flexibility index (Phi) is 5.59. The van der Waals surface area contributed by atoms with Crippen molar-refractivity contribution in [3.05, 3.63) is 11.3 Å². The molecule has 102 valence electrons. The molecule has 1 heterocycles. The fourth-order valence-electron chi connectivity index (χ4n) is 1.85. The molecule has 0 bridgehead atoms. The van der Waals surface area contributed by atoms with Crippen molar-refractivity contribution in [1.82, 2.24) is 4.37 Å². The number of carboxylic acids is 1. The summed E-state index contributed by atoms with van der Waals surface area (Å²) in [6.45, 7) is 8.25. The molecule has 0 saturated carbocycles. The molecule has 0 aliphatic rings. The standard InChI is InChI=1S/C13H22N2O2S/c1-8(2)6-5-7-9(3)14-12-11(13(16)17)10(4)15-18-12/h8-9,14H,5-7H2,1-4H3,(H,16,17). The maximum absolute atomic E-state index is 11.1. The van der Waals surface area contributed by atoms with Crippen molar-refractivity contribution in [1.29, 1.82) is 0 Å². The zero-order chi connectivity index (χ0) is 13.7. The van der Waals surface area contributed by atoms with E-state index in [1.54, 1.807) is 6.92 Å². The van der Waals surface area contributed by atoms with Crippen LogP contribution in [0.1, 0.15) is 56.1 Å². The third kappa shape index (κ3) is 4.29. The fourth-order valence-corrected chi connectivity index (χ4v) is 2.75. The van der Waals surface area contributed by atoms with Crippen LogP contribution in [0.3, 0.4) is 0 Å². The summed E-state index contributed by atoms with van der Waals surface area (Å²) in [5.41, 5.74) is 0.903. The van der Waals surface area contributed by atoms with E-state index in [-0.39, 0.29) is 6.04 Å². The van der Waals surface area contributed by atoms with E-state index in [1.165, 1.54) is 18.0 Å². The lowest BCUT2D eigenvalue weighted by atomic mass is 10.0. The average Bonchev–Trinajstić information content (AvgIpc) is 2.58. The summed E-state index contributed by atoms with van der Waals surface area (Å²) in [5.74, 6) is -0.185. The number of aryl methyl sites for hydroxylation is 1. The molecule has 1 aromatic rings. The highest BCUT2D eigenvalue weighted by molar-refractivity contribution is 7.10. The Labute approximate surface area is 113 Å². The normalized spacial score (nSPS) is 12.7. The van der Waals surface area contributed by atoms with Gasteiger partial charge in [-0.25, -0.2) is 4.79 Å². The molecule has 4 nitrogen and oxygen atoms in total. The summed E-state index contributed by atoms with van der Waals surface area (Å²) in [6, 6.07) is 0.279. The Hall–Kier alpha value is -1.10. The van der Waals surface area contributed by atoms with Crippen LogP contribution >= 0.6 is 11.5 Å². The highest BCUT2D eigenvalue weighted by atomic mass is 32.1. The van der Waals surface area contributed by atoms with Gasteiger partial charge in [-0.3, -0.25) is 0 Å². The van der Waals surface area contributed by atoms with Crippen LogP contribution in [-0.4, -0.2) is 21.5 Å². The topological polar surface area (TPSA) is 62.2 Å². The van der Waals surface area contributed by atoms with Gasteiger partial charge in [0.25, 0.3) is 0 Å². The molecule has 1 aromatic heterocycles. The first kappa shape index (κ1) is 15.0. The van der Waals surface area contributed by atoms with Gasteiger partial charge in [0, 0.05) is 6.04 Å². The molecule has 1 rings (SSSR count). The first-order valence-corrected chi connectivity index (χ1v) is 7.15. The van der Waals surface area contributed by atoms with E-state index in [1.807, 2.05) is 0 Å². The monoisotopic (exact) mass is 270 g/mol. The molecule has 0 saturated heterocycles. The van der Waals surface area contributed by atoms with Crippen LogP contribution in [0.25, 0.3) is 0 Å². The molecular formula is C13H22N2O2S. The van der Waals surface area contributed by atoms with Crippen molar-refractivity contribution in [3.8, 4) is 0 Å². The molecule has 0 spiro atoms. The number of carbonyl (C=O) groups is 1. The molecule has 18 heavy (non-hydrogen) atoms. The summed E-state index contributed by atoms with van der Waals surface area (Å²) in [7, 11) is 0. The maximum Gasteiger partial charge on any atom is 0.340 e. The minimum absolute atomic E-state index is 0.279. The van der Waals surface area contributed by atoms with E-state index in [4.69, 9.17) is 5.11 Å². The number of aromatic nitrogens is 1. The highest BCUT2D eigenvalue weighted by Crippen LogP contribution is 2.25. The van der Waals surface area contributed by atoms with E-state index >= 15 is 0 Å². The summed E-state index contributed by atoms with van der Waals surface area (Å²) in [5, 5.41) is 13.1. The molecule has 2 N–H and O–H groups in total.